The van der Waals surface area contributed by atoms with Crippen LogP contribution < -0.4 is 10.3 Å². The van der Waals surface area contributed by atoms with Crippen LogP contribution in [0.5, 0.6) is 0 Å². The third-order valence-corrected chi connectivity index (χ3v) is 5.67. The molecule has 0 radical (unpaired) electrons. The number of hydrogen-bond acceptors (Lipinski definition) is 6. The molecule has 0 N–H and O–H groups in total. The van der Waals surface area contributed by atoms with Gasteiger partial charge in [-0.2, -0.15) is 0 Å². The largest absolute Gasteiger partial charge is 0.465 e. The number of methoxy groups -OCH3 is 1. The lowest BCUT2D eigenvalue weighted by atomic mass is 10.1. The molecule has 0 amide bonds. The first-order valence-electron chi connectivity index (χ1n) is 8.66. The number of carbonyl (C=O) groups excluding carboxylic acids is 1. The number of nitrogens with zero attached hydrogens (tertiary/aromatic N) is 1. The summed E-state index contributed by atoms with van der Waals surface area (Å²) in [6.45, 7) is 1.82. The van der Waals surface area contributed by atoms with E-state index in [1.165, 1.54) is 24.9 Å². The highest BCUT2D eigenvalue weighted by Crippen LogP contribution is 2.35. The average Bonchev–Trinajstić information content (AvgIpc) is 3.13. The maximum Gasteiger partial charge on any atom is 0.337 e. The Hall–Kier alpha value is -2.60. The van der Waals surface area contributed by atoms with Crippen molar-refractivity contribution in [3.05, 3.63) is 51.5 Å². The maximum absolute atomic E-state index is 12.6. The van der Waals surface area contributed by atoms with Gasteiger partial charge in [0.1, 0.15) is 4.70 Å². The molecule has 0 atom stereocenters. The Morgan fingerprint density at radius 1 is 1.19 bits per heavy atom. The molecule has 6 heteroatoms. The van der Waals surface area contributed by atoms with Crippen LogP contribution in [0.15, 0.2) is 44.9 Å². The van der Waals surface area contributed by atoms with Gasteiger partial charge in [-0.3, -0.25) is 4.79 Å². The topological polar surface area (TPSA) is 59.8 Å². The van der Waals surface area contributed by atoms with Crippen LogP contribution in [-0.2, 0) is 4.74 Å². The number of piperidine rings is 1. The van der Waals surface area contributed by atoms with Gasteiger partial charge in [0.15, 0.2) is 11.5 Å². The van der Waals surface area contributed by atoms with E-state index < -0.39 is 0 Å². The van der Waals surface area contributed by atoms with Gasteiger partial charge in [0.05, 0.1) is 12.7 Å². The Kier molecular flexibility index (Phi) is 4.51. The number of carbonyl (C=O) groups is 1. The Bertz CT molecular complexity index is 1010. The second-order valence-electron chi connectivity index (χ2n) is 6.38. The molecule has 1 aliphatic rings. The number of rotatable bonds is 3. The first kappa shape index (κ1) is 16.8. The van der Waals surface area contributed by atoms with Crippen molar-refractivity contribution in [1.82, 2.24) is 0 Å². The molecule has 1 saturated heterocycles. The van der Waals surface area contributed by atoms with Crippen LogP contribution >= 0.6 is 11.3 Å². The molecular formula is C20H19NO4S. The van der Waals surface area contributed by atoms with E-state index in [1.807, 2.05) is 11.4 Å². The van der Waals surface area contributed by atoms with Crippen LogP contribution in [0.1, 0.15) is 29.6 Å². The van der Waals surface area contributed by atoms with E-state index in [0.717, 1.165) is 37.1 Å². The van der Waals surface area contributed by atoms with Gasteiger partial charge in [-0.25, -0.2) is 4.79 Å². The maximum atomic E-state index is 12.6. The zero-order valence-electron chi connectivity index (χ0n) is 14.5. The van der Waals surface area contributed by atoms with Crippen molar-refractivity contribution in [2.75, 3.05) is 25.1 Å². The Morgan fingerprint density at radius 2 is 2.00 bits per heavy atom. The fourth-order valence-electron chi connectivity index (χ4n) is 3.33. The average molecular weight is 369 g/mol. The predicted molar refractivity (Wildman–Crippen MR) is 103 cm³/mol. The SMILES string of the molecule is COC(=O)c1cccc(-c2csc3c(=O)cc(N4CCCCC4)oc23)c1. The normalized spacial score (nSPS) is 14.6. The highest BCUT2D eigenvalue weighted by molar-refractivity contribution is 7.17. The summed E-state index contributed by atoms with van der Waals surface area (Å²) in [5, 5.41) is 1.91. The van der Waals surface area contributed by atoms with Crippen molar-refractivity contribution in [2.45, 2.75) is 19.3 Å². The lowest BCUT2D eigenvalue weighted by molar-refractivity contribution is 0.0601. The third kappa shape index (κ3) is 3.01. The van der Waals surface area contributed by atoms with E-state index in [9.17, 15) is 9.59 Å². The lowest BCUT2D eigenvalue weighted by Crippen LogP contribution is -2.29. The van der Waals surface area contributed by atoms with Gasteiger partial charge in [0.25, 0.3) is 0 Å². The highest BCUT2D eigenvalue weighted by atomic mass is 32.1. The Balaban J connectivity index is 1.82. The molecule has 0 spiro atoms. The van der Waals surface area contributed by atoms with Crippen LogP contribution in [0.2, 0.25) is 0 Å². The molecule has 134 valence electrons. The number of fused-ring (bicyclic) bond motifs is 1. The zero-order valence-corrected chi connectivity index (χ0v) is 15.3. The monoisotopic (exact) mass is 369 g/mol. The van der Waals surface area contributed by atoms with Crippen molar-refractivity contribution in [1.29, 1.82) is 0 Å². The number of esters is 1. The van der Waals surface area contributed by atoms with E-state index in [1.54, 1.807) is 24.3 Å². The first-order chi connectivity index (χ1) is 12.7. The minimum absolute atomic E-state index is 0.0211. The highest BCUT2D eigenvalue weighted by Gasteiger charge is 2.19. The summed E-state index contributed by atoms with van der Waals surface area (Å²) in [5.74, 6) is 0.243. The minimum Gasteiger partial charge on any atom is -0.465 e. The van der Waals surface area contributed by atoms with E-state index in [-0.39, 0.29) is 11.4 Å². The van der Waals surface area contributed by atoms with Gasteiger partial charge < -0.3 is 14.1 Å². The Morgan fingerprint density at radius 3 is 2.77 bits per heavy atom. The van der Waals surface area contributed by atoms with Crippen molar-refractivity contribution in [3.8, 4) is 11.1 Å². The number of thiophene rings is 1. The fourth-order valence-corrected chi connectivity index (χ4v) is 4.24. The van der Waals surface area contributed by atoms with E-state index in [2.05, 4.69) is 4.90 Å². The number of anilines is 1. The van der Waals surface area contributed by atoms with E-state index >= 15 is 0 Å². The quantitative estimate of drug-likeness (QED) is 0.644. The summed E-state index contributed by atoms with van der Waals surface area (Å²) in [6.07, 6.45) is 3.44. The summed E-state index contributed by atoms with van der Waals surface area (Å²) in [6, 6.07) is 8.78. The molecule has 1 fully saturated rings. The standard InChI is InChI=1S/C20H19NO4S/c1-24-20(23)14-7-5-6-13(10-14)15-12-26-19-16(22)11-17(25-18(15)19)21-8-3-2-4-9-21/h5-7,10-12H,2-4,8-9H2,1H3. The van der Waals surface area contributed by atoms with Crippen molar-refractivity contribution in [3.63, 3.8) is 0 Å². The molecule has 26 heavy (non-hydrogen) atoms. The summed E-state index contributed by atoms with van der Waals surface area (Å²) in [5.41, 5.74) is 2.70. The molecule has 1 aliphatic heterocycles. The van der Waals surface area contributed by atoms with Gasteiger partial charge in [-0.05, 0) is 37.0 Å². The third-order valence-electron chi connectivity index (χ3n) is 4.69. The molecule has 4 rings (SSSR count). The van der Waals surface area contributed by atoms with Gasteiger partial charge in [0, 0.05) is 30.1 Å². The minimum atomic E-state index is -0.387. The zero-order chi connectivity index (χ0) is 18.1. The van der Waals surface area contributed by atoms with Crippen LogP contribution in [0.25, 0.3) is 21.4 Å². The molecule has 2 aromatic heterocycles. The summed E-state index contributed by atoms with van der Waals surface area (Å²) >= 11 is 1.37. The first-order valence-corrected chi connectivity index (χ1v) is 9.54. The molecule has 3 aromatic rings. The van der Waals surface area contributed by atoms with Crippen molar-refractivity contribution >= 4 is 33.5 Å². The second-order valence-corrected chi connectivity index (χ2v) is 7.26. The molecule has 5 nitrogen and oxygen atoms in total. The van der Waals surface area contributed by atoms with Crippen molar-refractivity contribution < 1.29 is 13.9 Å². The molecule has 3 heterocycles. The Labute approximate surface area is 154 Å². The summed E-state index contributed by atoms with van der Waals surface area (Å²) in [7, 11) is 1.36. The lowest BCUT2D eigenvalue weighted by Gasteiger charge is -2.26. The summed E-state index contributed by atoms with van der Waals surface area (Å²) in [4.78, 5) is 26.5. The van der Waals surface area contributed by atoms with Gasteiger partial charge in [-0.15, -0.1) is 11.3 Å². The molecular weight excluding hydrogens is 350 g/mol. The van der Waals surface area contributed by atoms with E-state index in [4.69, 9.17) is 9.15 Å². The second kappa shape index (κ2) is 6.96. The van der Waals surface area contributed by atoms with Gasteiger partial charge in [-0.1, -0.05) is 12.1 Å². The predicted octanol–water partition coefficient (Wildman–Crippen LogP) is 4.30. The molecule has 1 aromatic carbocycles. The fraction of sp³-hybridized carbons (Fsp3) is 0.300. The number of benzene rings is 1. The number of hydrogen-bond donors (Lipinski definition) is 0. The van der Waals surface area contributed by atoms with Crippen molar-refractivity contribution in [2.24, 2.45) is 0 Å². The molecule has 0 aliphatic carbocycles. The molecule has 0 unspecified atom stereocenters. The smallest absolute Gasteiger partial charge is 0.337 e. The van der Waals surface area contributed by atoms with Crippen LogP contribution in [-0.4, -0.2) is 26.2 Å². The molecule has 0 saturated carbocycles. The van der Waals surface area contributed by atoms with Gasteiger partial charge >= 0.3 is 5.97 Å². The van der Waals surface area contributed by atoms with Crippen LogP contribution in [0.3, 0.4) is 0 Å². The summed E-state index contributed by atoms with van der Waals surface area (Å²) < 4.78 is 11.6. The van der Waals surface area contributed by atoms with Crippen LogP contribution in [0.4, 0.5) is 5.88 Å². The molecule has 0 bridgehead atoms. The van der Waals surface area contributed by atoms with E-state index in [0.29, 0.717) is 21.7 Å². The van der Waals surface area contributed by atoms with Gasteiger partial charge in [0.2, 0.25) is 5.43 Å². The number of ether oxygens (including phenoxy) is 1. The van der Waals surface area contributed by atoms with Crippen LogP contribution in [0, 0.1) is 0 Å².